The van der Waals surface area contributed by atoms with Crippen LogP contribution in [0, 0.1) is 5.92 Å². The van der Waals surface area contributed by atoms with E-state index < -0.39 is 5.60 Å². The molecular weight excluding hydrogens is 340 g/mol. The molecule has 3 rings (SSSR count). The van der Waals surface area contributed by atoms with E-state index in [1.54, 1.807) is 4.90 Å². The van der Waals surface area contributed by atoms with Crippen molar-refractivity contribution in [2.45, 2.75) is 58.3 Å². The first kappa shape index (κ1) is 20.2. The summed E-state index contributed by atoms with van der Waals surface area (Å²) in [5.41, 5.74) is 0.970. The Balaban J connectivity index is 1.25. The van der Waals surface area contributed by atoms with Crippen molar-refractivity contribution in [3.05, 3.63) is 35.9 Å². The van der Waals surface area contributed by atoms with Crippen LogP contribution in [0.5, 0.6) is 0 Å². The van der Waals surface area contributed by atoms with Crippen LogP contribution in [-0.4, -0.2) is 60.4 Å². The smallest absolute Gasteiger partial charge is 0.410 e. The van der Waals surface area contributed by atoms with Crippen LogP contribution < -0.4 is 0 Å². The van der Waals surface area contributed by atoms with Gasteiger partial charge in [0.1, 0.15) is 5.60 Å². The molecule has 0 aliphatic carbocycles. The van der Waals surface area contributed by atoms with Crippen molar-refractivity contribution in [1.29, 1.82) is 0 Å². The molecule has 5 heteroatoms. The van der Waals surface area contributed by atoms with E-state index in [0.29, 0.717) is 13.1 Å². The maximum Gasteiger partial charge on any atom is 0.410 e. The van der Waals surface area contributed by atoms with Crippen molar-refractivity contribution in [3.8, 4) is 0 Å². The van der Waals surface area contributed by atoms with Gasteiger partial charge in [0.25, 0.3) is 0 Å². The van der Waals surface area contributed by atoms with Gasteiger partial charge in [-0.25, -0.2) is 4.79 Å². The van der Waals surface area contributed by atoms with E-state index in [9.17, 15) is 4.79 Å². The number of ether oxygens (including phenoxy) is 2. The fourth-order valence-corrected chi connectivity index (χ4v) is 3.70. The lowest BCUT2D eigenvalue weighted by molar-refractivity contribution is -0.0665. The minimum absolute atomic E-state index is 0.177. The van der Waals surface area contributed by atoms with Crippen LogP contribution in [0.2, 0.25) is 0 Å². The molecule has 2 fully saturated rings. The summed E-state index contributed by atoms with van der Waals surface area (Å²) in [5.74, 6) is 0.763. The first-order valence-corrected chi connectivity index (χ1v) is 10.2. The van der Waals surface area contributed by atoms with Gasteiger partial charge >= 0.3 is 6.09 Å². The molecule has 27 heavy (non-hydrogen) atoms. The first-order valence-electron chi connectivity index (χ1n) is 10.2. The Bertz CT molecular complexity index is 585. The van der Waals surface area contributed by atoms with E-state index in [-0.39, 0.29) is 12.2 Å². The predicted octanol–water partition coefficient (Wildman–Crippen LogP) is 3.92. The molecule has 2 heterocycles. The molecule has 2 aliphatic rings. The molecule has 0 aromatic heterocycles. The Morgan fingerprint density at radius 3 is 2.41 bits per heavy atom. The van der Waals surface area contributed by atoms with Gasteiger partial charge < -0.3 is 14.4 Å². The maximum absolute atomic E-state index is 11.9. The van der Waals surface area contributed by atoms with Crippen LogP contribution in [0.4, 0.5) is 4.79 Å². The third-order valence-corrected chi connectivity index (χ3v) is 5.34. The summed E-state index contributed by atoms with van der Waals surface area (Å²) in [5, 5.41) is 0. The molecule has 0 bridgehead atoms. The molecular formula is C22H34N2O3. The summed E-state index contributed by atoms with van der Waals surface area (Å²) in [7, 11) is 0. The highest BCUT2D eigenvalue weighted by Gasteiger charge is 2.34. The van der Waals surface area contributed by atoms with E-state index in [1.807, 2.05) is 20.8 Å². The number of rotatable bonds is 6. The van der Waals surface area contributed by atoms with Crippen LogP contribution in [0.1, 0.15) is 45.6 Å². The predicted molar refractivity (Wildman–Crippen MR) is 107 cm³/mol. The Labute approximate surface area is 163 Å². The molecule has 150 valence electrons. The Kier molecular flexibility index (Phi) is 6.77. The van der Waals surface area contributed by atoms with Gasteiger partial charge in [-0.2, -0.15) is 0 Å². The molecule has 1 amide bonds. The molecule has 2 aliphatic heterocycles. The molecule has 2 saturated heterocycles. The Morgan fingerprint density at radius 1 is 1.11 bits per heavy atom. The standard InChI is InChI=1S/C22H34N2O3/c1-22(2,3)27-21(25)24-16-20(17-24)26-14-11-18-9-12-23(13-10-18)15-19-7-5-4-6-8-19/h4-8,18,20H,9-17H2,1-3H3. The van der Waals surface area contributed by atoms with Crippen molar-refractivity contribution < 1.29 is 14.3 Å². The molecule has 1 aromatic carbocycles. The molecule has 0 saturated carbocycles. The third kappa shape index (κ3) is 6.51. The summed E-state index contributed by atoms with van der Waals surface area (Å²) < 4.78 is 11.3. The number of nitrogens with zero attached hydrogens (tertiary/aromatic N) is 2. The highest BCUT2D eigenvalue weighted by atomic mass is 16.6. The van der Waals surface area contributed by atoms with Gasteiger partial charge in [-0.3, -0.25) is 4.90 Å². The lowest BCUT2D eigenvalue weighted by atomic mass is 9.93. The van der Waals surface area contributed by atoms with Gasteiger partial charge in [-0.1, -0.05) is 30.3 Å². The van der Waals surface area contributed by atoms with Crippen molar-refractivity contribution >= 4 is 6.09 Å². The lowest BCUT2D eigenvalue weighted by Gasteiger charge is -2.39. The van der Waals surface area contributed by atoms with E-state index in [4.69, 9.17) is 9.47 Å². The molecule has 0 radical (unpaired) electrons. The van der Waals surface area contributed by atoms with Gasteiger partial charge in [0.15, 0.2) is 0 Å². The fourth-order valence-electron chi connectivity index (χ4n) is 3.70. The minimum atomic E-state index is -0.432. The summed E-state index contributed by atoms with van der Waals surface area (Å²) in [6.07, 6.45) is 3.58. The minimum Gasteiger partial charge on any atom is -0.444 e. The normalized spacial score (nSPS) is 19.7. The highest BCUT2D eigenvalue weighted by molar-refractivity contribution is 5.69. The lowest BCUT2D eigenvalue weighted by Crippen LogP contribution is -2.56. The summed E-state index contributed by atoms with van der Waals surface area (Å²) >= 11 is 0. The van der Waals surface area contributed by atoms with Crippen LogP contribution in [0.25, 0.3) is 0 Å². The second-order valence-electron chi connectivity index (χ2n) is 8.87. The monoisotopic (exact) mass is 374 g/mol. The van der Waals surface area contributed by atoms with E-state index in [1.165, 1.54) is 31.5 Å². The molecule has 5 nitrogen and oxygen atoms in total. The number of carbonyl (C=O) groups excluding carboxylic acids is 1. The van der Waals surface area contributed by atoms with Crippen LogP contribution in [0.3, 0.4) is 0 Å². The second kappa shape index (κ2) is 9.07. The van der Waals surface area contributed by atoms with Crippen molar-refractivity contribution in [2.24, 2.45) is 5.92 Å². The van der Waals surface area contributed by atoms with Crippen LogP contribution in [0.15, 0.2) is 30.3 Å². The second-order valence-corrected chi connectivity index (χ2v) is 8.87. The van der Waals surface area contributed by atoms with Gasteiger partial charge in [0.05, 0.1) is 19.2 Å². The van der Waals surface area contributed by atoms with Gasteiger partial charge in [-0.15, -0.1) is 0 Å². The number of benzene rings is 1. The zero-order chi connectivity index (χ0) is 19.3. The van der Waals surface area contributed by atoms with Crippen molar-refractivity contribution in [1.82, 2.24) is 9.80 Å². The number of hydrogen-bond donors (Lipinski definition) is 0. The molecule has 0 N–H and O–H groups in total. The summed E-state index contributed by atoms with van der Waals surface area (Å²) in [6.45, 7) is 11.2. The third-order valence-electron chi connectivity index (χ3n) is 5.34. The van der Waals surface area contributed by atoms with Gasteiger partial charge in [0, 0.05) is 13.2 Å². The van der Waals surface area contributed by atoms with Gasteiger partial charge in [-0.05, 0) is 64.6 Å². The number of piperidine rings is 1. The average Bonchev–Trinajstić information content (AvgIpc) is 2.57. The number of hydrogen-bond acceptors (Lipinski definition) is 4. The molecule has 0 spiro atoms. The van der Waals surface area contributed by atoms with Crippen molar-refractivity contribution in [2.75, 3.05) is 32.8 Å². The maximum atomic E-state index is 11.9. The van der Waals surface area contributed by atoms with E-state index in [0.717, 1.165) is 25.5 Å². The van der Waals surface area contributed by atoms with Gasteiger partial charge in [0.2, 0.25) is 0 Å². The first-order chi connectivity index (χ1) is 12.9. The SMILES string of the molecule is CC(C)(C)OC(=O)N1CC(OCCC2CCN(Cc3ccccc3)CC2)C1. The molecule has 1 aromatic rings. The van der Waals surface area contributed by atoms with E-state index in [2.05, 4.69) is 35.2 Å². The van der Waals surface area contributed by atoms with Crippen molar-refractivity contribution in [3.63, 3.8) is 0 Å². The summed E-state index contributed by atoms with van der Waals surface area (Å²) in [4.78, 5) is 16.2. The Hall–Kier alpha value is -1.59. The van der Waals surface area contributed by atoms with E-state index >= 15 is 0 Å². The summed E-state index contributed by atoms with van der Waals surface area (Å²) in [6, 6.07) is 10.7. The quantitative estimate of drug-likeness (QED) is 0.757. The number of carbonyl (C=O) groups is 1. The zero-order valence-electron chi connectivity index (χ0n) is 17.0. The molecule has 0 unspecified atom stereocenters. The largest absolute Gasteiger partial charge is 0.444 e. The zero-order valence-corrected chi connectivity index (χ0v) is 17.0. The molecule has 0 atom stereocenters. The average molecular weight is 375 g/mol. The number of amides is 1. The number of likely N-dealkylation sites (tertiary alicyclic amines) is 2. The topological polar surface area (TPSA) is 42.0 Å². The highest BCUT2D eigenvalue weighted by Crippen LogP contribution is 2.23. The van der Waals surface area contributed by atoms with Crippen LogP contribution >= 0.6 is 0 Å². The Morgan fingerprint density at radius 2 is 1.78 bits per heavy atom. The van der Waals surface area contributed by atoms with Crippen LogP contribution in [-0.2, 0) is 16.0 Å². The fraction of sp³-hybridized carbons (Fsp3) is 0.682.